The minimum absolute atomic E-state index is 0.0186. The number of carbonyl (C=O) groups is 4. The lowest BCUT2D eigenvalue weighted by Gasteiger charge is -2.14. The van der Waals surface area contributed by atoms with Gasteiger partial charge < -0.3 is 30.2 Å². The Bertz CT molecular complexity index is 1740. The van der Waals surface area contributed by atoms with Gasteiger partial charge in [-0.05, 0) is 98.3 Å². The third-order valence-electron chi connectivity index (χ3n) is 6.71. The Morgan fingerprint density at radius 1 is 0.766 bits per heavy atom. The third kappa shape index (κ3) is 9.72. The molecule has 0 spiro atoms. The first-order valence-corrected chi connectivity index (χ1v) is 15.5. The molecule has 0 saturated heterocycles. The van der Waals surface area contributed by atoms with E-state index in [0.717, 1.165) is 4.90 Å². The standard InChI is InChI=1S/C36H35N3O7S/c1-5-46-36(43)26-12-14-27(15-13-26)37-33(40)23(2)47-29-18-16-28(17-19-29)38-35(42)30(39-34(41)25-9-7-6-8-10-25)21-24-11-20-31(44-3)32(22-24)45-4/h6-23H,5H2,1-4H3,(H,37,40)(H,38,42)(H,39,41)/b30-21-. The molecule has 0 aliphatic carbocycles. The summed E-state index contributed by atoms with van der Waals surface area (Å²) in [5.74, 6) is -0.615. The van der Waals surface area contributed by atoms with Crippen LogP contribution in [0.25, 0.3) is 6.08 Å². The van der Waals surface area contributed by atoms with Crippen molar-refractivity contribution >= 4 is 52.9 Å². The lowest BCUT2D eigenvalue weighted by molar-refractivity contribution is -0.115. The molecule has 4 aromatic carbocycles. The van der Waals surface area contributed by atoms with E-state index in [1.165, 1.54) is 26.0 Å². The van der Waals surface area contributed by atoms with Crippen molar-refractivity contribution in [2.75, 3.05) is 31.5 Å². The number of thioether (sulfide) groups is 1. The molecule has 0 bridgehead atoms. The van der Waals surface area contributed by atoms with E-state index < -0.39 is 23.0 Å². The van der Waals surface area contributed by atoms with Crippen LogP contribution in [-0.2, 0) is 14.3 Å². The van der Waals surface area contributed by atoms with E-state index in [1.807, 2.05) is 0 Å². The zero-order valence-electron chi connectivity index (χ0n) is 26.4. The predicted octanol–water partition coefficient (Wildman–Crippen LogP) is 6.41. The predicted molar refractivity (Wildman–Crippen MR) is 183 cm³/mol. The number of ether oxygens (including phenoxy) is 3. The van der Waals surface area contributed by atoms with Gasteiger partial charge in [-0.1, -0.05) is 24.3 Å². The molecule has 1 unspecified atom stereocenters. The molecule has 0 aliphatic heterocycles. The highest BCUT2D eigenvalue weighted by atomic mass is 32.2. The van der Waals surface area contributed by atoms with Crippen LogP contribution in [0.4, 0.5) is 11.4 Å². The van der Waals surface area contributed by atoms with Gasteiger partial charge in [0.2, 0.25) is 5.91 Å². The fourth-order valence-corrected chi connectivity index (χ4v) is 5.14. The zero-order valence-corrected chi connectivity index (χ0v) is 27.2. The first-order valence-electron chi connectivity index (χ1n) is 14.7. The van der Waals surface area contributed by atoms with Crippen LogP contribution in [0.2, 0.25) is 0 Å². The van der Waals surface area contributed by atoms with Gasteiger partial charge in [0.25, 0.3) is 11.8 Å². The first kappa shape index (κ1) is 34.3. The summed E-state index contributed by atoms with van der Waals surface area (Å²) in [4.78, 5) is 51.9. The van der Waals surface area contributed by atoms with Gasteiger partial charge in [-0.3, -0.25) is 14.4 Å². The highest BCUT2D eigenvalue weighted by Gasteiger charge is 2.18. The topological polar surface area (TPSA) is 132 Å². The van der Waals surface area contributed by atoms with Crippen LogP contribution in [0.5, 0.6) is 11.5 Å². The molecule has 3 N–H and O–H groups in total. The molecule has 10 nitrogen and oxygen atoms in total. The smallest absolute Gasteiger partial charge is 0.338 e. The molecule has 0 heterocycles. The average Bonchev–Trinajstić information content (AvgIpc) is 3.09. The molecule has 0 radical (unpaired) electrons. The lowest BCUT2D eigenvalue weighted by Crippen LogP contribution is -2.30. The van der Waals surface area contributed by atoms with Gasteiger partial charge in [-0.2, -0.15) is 0 Å². The largest absolute Gasteiger partial charge is 0.493 e. The molecule has 11 heteroatoms. The number of esters is 1. The molecule has 0 aliphatic rings. The highest BCUT2D eigenvalue weighted by molar-refractivity contribution is 8.00. The summed E-state index contributed by atoms with van der Waals surface area (Å²) < 4.78 is 15.7. The van der Waals surface area contributed by atoms with Gasteiger partial charge in [-0.15, -0.1) is 11.8 Å². The van der Waals surface area contributed by atoms with E-state index in [9.17, 15) is 19.2 Å². The van der Waals surface area contributed by atoms with Crippen LogP contribution in [0.3, 0.4) is 0 Å². The monoisotopic (exact) mass is 653 g/mol. The average molecular weight is 654 g/mol. The summed E-state index contributed by atoms with van der Waals surface area (Å²) in [6.45, 7) is 3.80. The normalized spacial score (nSPS) is 11.5. The molecule has 242 valence electrons. The van der Waals surface area contributed by atoms with Crippen LogP contribution >= 0.6 is 11.8 Å². The molecule has 1 atom stereocenters. The summed E-state index contributed by atoms with van der Waals surface area (Å²) in [7, 11) is 3.04. The van der Waals surface area contributed by atoms with Gasteiger partial charge in [0.1, 0.15) is 5.70 Å². The van der Waals surface area contributed by atoms with Gasteiger partial charge in [0.15, 0.2) is 11.5 Å². The number of amides is 3. The molecule has 0 aromatic heterocycles. The Labute approximate surface area is 277 Å². The van der Waals surface area contributed by atoms with Gasteiger partial charge in [0.05, 0.1) is 31.6 Å². The molecule has 4 rings (SSSR count). The van der Waals surface area contributed by atoms with E-state index >= 15 is 0 Å². The van der Waals surface area contributed by atoms with Crippen molar-refractivity contribution in [3.05, 3.63) is 119 Å². The van der Waals surface area contributed by atoms with Gasteiger partial charge >= 0.3 is 5.97 Å². The molecular formula is C36H35N3O7S. The zero-order chi connectivity index (χ0) is 33.8. The molecule has 47 heavy (non-hydrogen) atoms. The summed E-state index contributed by atoms with van der Waals surface area (Å²) in [5, 5.41) is 7.95. The maximum Gasteiger partial charge on any atom is 0.338 e. The fourth-order valence-electron chi connectivity index (χ4n) is 4.27. The van der Waals surface area contributed by atoms with E-state index in [1.54, 1.807) is 117 Å². The number of hydrogen-bond donors (Lipinski definition) is 3. The summed E-state index contributed by atoms with van der Waals surface area (Å²) in [6.07, 6.45) is 1.55. The Hall–Kier alpha value is -5.55. The number of anilines is 2. The molecular weight excluding hydrogens is 618 g/mol. The lowest BCUT2D eigenvalue weighted by atomic mass is 10.1. The second-order valence-corrected chi connectivity index (χ2v) is 11.4. The number of carbonyl (C=O) groups excluding carboxylic acids is 4. The number of benzene rings is 4. The molecule has 0 saturated carbocycles. The summed E-state index contributed by atoms with van der Waals surface area (Å²) >= 11 is 1.34. The quantitative estimate of drug-likeness (QED) is 0.0857. The van der Waals surface area contributed by atoms with Crippen molar-refractivity contribution in [1.82, 2.24) is 5.32 Å². The summed E-state index contributed by atoms with van der Waals surface area (Å²) in [6, 6.07) is 27.2. The van der Waals surface area contributed by atoms with Crippen molar-refractivity contribution in [2.45, 2.75) is 24.0 Å². The second-order valence-electron chi connectivity index (χ2n) is 10.0. The molecule has 3 amide bonds. The molecule has 0 fully saturated rings. The van der Waals surface area contributed by atoms with Gasteiger partial charge in [0, 0.05) is 21.8 Å². The van der Waals surface area contributed by atoms with E-state index in [2.05, 4.69) is 16.0 Å². The van der Waals surface area contributed by atoms with Crippen LogP contribution in [0, 0.1) is 0 Å². The molecule has 4 aromatic rings. The fraction of sp³-hybridized carbons (Fsp3) is 0.167. The Balaban J connectivity index is 1.43. The Kier molecular flexibility index (Phi) is 12.2. The SMILES string of the molecule is CCOC(=O)c1ccc(NC(=O)C(C)Sc2ccc(NC(=O)/C(=C/c3ccc(OC)c(OC)c3)NC(=O)c3ccccc3)cc2)cc1. The van der Waals surface area contributed by atoms with E-state index in [4.69, 9.17) is 14.2 Å². The van der Waals surface area contributed by atoms with Crippen molar-refractivity contribution in [3.8, 4) is 11.5 Å². The third-order valence-corrected chi connectivity index (χ3v) is 7.82. The summed E-state index contributed by atoms with van der Waals surface area (Å²) in [5.41, 5.74) is 2.48. The van der Waals surface area contributed by atoms with E-state index in [-0.39, 0.29) is 18.2 Å². The van der Waals surface area contributed by atoms with E-state index in [0.29, 0.717) is 39.6 Å². The van der Waals surface area contributed by atoms with Crippen molar-refractivity contribution in [2.24, 2.45) is 0 Å². The second kappa shape index (κ2) is 16.7. The minimum atomic E-state index is -0.536. The van der Waals surface area contributed by atoms with Gasteiger partial charge in [-0.25, -0.2) is 4.79 Å². The maximum absolute atomic E-state index is 13.4. The van der Waals surface area contributed by atoms with Crippen LogP contribution < -0.4 is 25.4 Å². The first-order chi connectivity index (χ1) is 22.7. The van der Waals surface area contributed by atoms with Crippen LogP contribution in [0.15, 0.2) is 108 Å². The van der Waals surface area contributed by atoms with Crippen molar-refractivity contribution < 1.29 is 33.4 Å². The number of nitrogens with one attached hydrogen (secondary N) is 3. The van der Waals surface area contributed by atoms with Crippen molar-refractivity contribution in [1.29, 1.82) is 0 Å². The Morgan fingerprint density at radius 2 is 1.40 bits per heavy atom. The van der Waals surface area contributed by atoms with Crippen molar-refractivity contribution in [3.63, 3.8) is 0 Å². The Morgan fingerprint density at radius 3 is 2.04 bits per heavy atom. The highest BCUT2D eigenvalue weighted by Crippen LogP contribution is 2.29. The number of hydrogen-bond acceptors (Lipinski definition) is 8. The van der Waals surface area contributed by atoms with Crippen LogP contribution in [-0.4, -0.2) is 49.8 Å². The van der Waals surface area contributed by atoms with Crippen LogP contribution in [0.1, 0.15) is 40.1 Å². The minimum Gasteiger partial charge on any atom is -0.493 e. The maximum atomic E-state index is 13.4. The number of rotatable bonds is 13. The number of methoxy groups -OCH3 is 2.